The fraction of sp³-hybridized carbons (Fsp3) is 0.500. The Balaban J connectivity index is 2.64. The maximum absolute atomic E-state index is 6.05. The largest absolute Gasteiger partial charge is 0.381 e. The summed E-state index contributed by atoms with van der Waals surface area (Å²) in [4.78, 5) is 0. The van der Waals surface area contributed by atoms with Crippen molar-refractivity contribution in [3.05, 3.63) is 29.3 Å². The molecular weight excluding hydrogens is 194 g/mol. The van der Waals surface area contributed by atoms with Gasteiger partial charge in [0, 0.05) is 6.04 Å². The van der Waals surface area contributed by atoms with Gasteiger partial charge in [0.25, 0.3) is 0 Å². The molecule has 1 nitrogen and oxygen atoms in total. The van der Waals surface area contributed by atoms with E-state index in [0.717, 1.165) is 10.7 Å². The molecule has 2 atom stereocenters. The van der Waals surface area contributed by atoms with Gasteiger partial charge >= 0.3 is 0 Å². The minimum absolute atomic E-state index is 0.458. The summed E-state index contributed by atoms with van der Waals surface area (Å²) in [7, 11) is 0. The molecule has 2 unspecified atom stereocenters. The van der Waals surface area contributed by atoms with Crippen molar-refractivity contribution in [1.82, 2.24) is 0 Å². The van der Waals surface area contributed by atoms with E-state index in [1.807, 2.05) is 24.3 Å². The van der Waals surface area contributed by atoms with Crippen LogP contribution in [0.2, 0.25) is 5.02 Å². The second kappa shape index (κ2) is 5.26. The molecular formula is C12H18ClN. The maximum atomic E-state index is 6.05. The van der Waals surface area contributed by atoms with Crippen molar-refractivity contribution in [1.29, 1.82) is 0 Å². The first-order valence-corrected chi connectivity index (χ1v) is 5.54. The number of nitrogens with one attached hydrogen (secondary N) is 1. The number of anilines is 1. The molecule has 2 heteroatoms. The molecule has 0 aliphatic rings. The summed E-state index contributed by atoms with van der Waals surface area (Å²) < 4.78 is 0. The molecule has 0 fully saturated rings. The monoisotopic (exact) mass is 211 g/mol. The molecule has 0 spiro atoms. The number of hydrogen-bond acceptors (Lipinski definition) is 1. The standard InChI is InChI=1S/C12H18ClN/c1-4-9(2)10(3)14-12-8-6-5-7-11(12)13/h5-10,14H,4H2,1-3H3. The van der Waals surface area contributed by atoms with Crippen molar-refractivity contribution in [2.45, 2.75) is 33.2 Å². The molecule has 1 N–H and O–H groups in total. The lowest BCUT2D eigenvalue weighted by Gasteiger charge is -2.21. The Morgan fingerprint density at radius 3 is 2.50 bits per heavy atom. The van der Waals surface area contributed by atoms with Gasteiger partial charge in [-0.1, -0.05) is 44.0 Å². The summed E-state index contributed by atoms with van der Waals surface area (Å²) in [5, 5.41) is 4.22. The lowest BCUT2D eigenvalue weighted by Crippen LogP contribution is -2.23. The van der Waals surface area contributed by atoms with Crippen LogP contribution in [0.4, 0.5) is 5.69 Å². The maximum Gasteiger partial charge on any atom is 0.0637 e. The lowest BCUT2D eigenvalue weighted by atomic mass is 10.0. The average Bonchev–Trinajstić information content (AvgIpc) is 2.20. The summed E-state index contributed by atoms with van der Waals surface area (Å²) in [6.45, 7) is 6.64. The van der Waals surface area contributed by atoms with Gasteiger partial charge in [-0.15, -0.1) is 0 Å². The highest BCUT2D eigenvalue weighted by Crippen LogP contribution is 2.23. The average molecular weight is 212 g/mol. The normalized spacial score (nSPS) is 14.9. The molecule has 0 radical (unpaired) electrons. The highest BCUT2D eigenvalue weighted by Gasteiger charge is 2.10. The minimum Gasteiger partial charge on any atom is -0.381 e. The highest BCUT2D eigenvalue weighted by molar-refractivity contribution is 6.33. The van der Waals surface area contributed by atoms with E-state index in [1.54, 1.807) is 0 Å². The first-order chi connectivity index (χ1) is 6.65. The zero-order valence-corrected chi connectivity index (χ0v) is 9.81. The number of hydrogen-bond donors (Lipinski definition) is 1. The van der Waals surface area contributed by atoms with Gasteiger partial charge < -0.3 is 5.32 Å². The zero-order chi connectivity index (χ0) is 10.6. The van der Waals surface area contributed by atoms with Crippen LogP contribution in [-0.4, -0.2) is 6.04 Å². The number of rotatable bonds is 4. The van der Waals surface area contributed by atoms with E-state index in [0.29, 0.717) is 12.0 Å². The van der Waals surface area contributed by atoms with Crippen LogP contribution in [0.15, 0.2) is 24.3 Å². The Hall–Kier alpha value is -0.690. The smallest absolute Gasteiger partial charge is 0.0637 e. The van der Waals surface area contributed by atoms with E-state index in [1.165, 1.54) is 6.42 Å². The van der Waals surface area contributed by atoms with Gasteiger partial charge in [0.2, 0.25) is 0 Å². The fourth-order valence-electron chi connectivity index (χ4n) is 1.32. The van der Waals surface area contributed by atoms with Crippen molar-refractivity contribution < 1.29 is 0 Å². The Morgan fingerprint density at radius 1 is 1.29 bits per heavy atom. The van der Waals surface area contributed by atoms with Crippen LogP contribution in [0.5, 0.6) is 0 Å². The van der Waals surface area contributed by atoms with E-state index in [4.69, 9.17) is 11.6 Å². The first kappa shape index (κ1) is 11.4. The quantitative estimate of drug-likeness (QED) is 0.788. The molecule has 78 valence electrons. The first-order valence-electron chi connectivity index (χ1n) is 5.16. The molecule has 0 aromatic heterocycles. The zero-order valence-electron chi connectivity index (χ0n) is 9.05. The van der Waals surface area contributed by atoms with Crippen molar-refractivity contribution in [3.8, 4) is 0 Å². The van der Waals surface area contributed by atoms with Crippen molar-refractivity contribution in [3.63, 3.8) is 0 Å². The van der Waals surface area contributed by atoms with Crippen LogP contribution >= 0.6 is 11.6 Å². The molecule has 1 aromatic carbocycles. The van der Waals surface area contributed by atoms with Crippen LogP contribution in [-0.2, 0) is 0 Å². The predicted molar refractivity (Wildman–Crippen MR) is 64.0 cm³/mol. The van der Waals surface area contributed by atoms with Gasteiger partial charge in [-0.2, -0.15) is 0 Å². The van der Waals surface area contributed by atoms with E-state index in [-0.39, 0.29) is 0 Å². The van der Waals surface area contributed by atoms with Crippen molar-refractivity contribution in [2.24, 2.45) is 5.92 Å². The summed E-state index contributed by atoms with van der Waals surface area (Å²) in [6.07, 6.45) is 1.18. The molecule has 1 aromatic rings. The summed E-state index contributed by atoms with van der Waals surface area (Å²) in [5.74, 6) is 0.659. The Morgan fingerprint density at radius 2 is 1.93 bits per heavy atom. The summed E-state index contributed by atoms with van der Waals surface area (Å²) >= 11 is 6.05. The van der Waals surface area contributed by atoms with Crippen LogP contribution in [0, 0.1) is 5.92 Å². The van der Waals surface area contributed by atoms with Gasteiger partial charge in [-0.25, -0.2) is 0 Å². The van der Waals surface area contributed by atoms with Crippen LogP contribution < -0.4 is 5.32 Å². The van der Waals surface area contributed by atoms with E-state index < -0.39 is 0 Å². The van der Waals surface area contributed by atoms with Crippen LogP contribution in [0.1, 0.15) is 27.2 Å². The van der Waals surface area contributed by atoms with Gasteiger partial charge in [0.05, 0.1) is 10.7 Å². The van der Waals surface area contributed by atoms with Gasteiger partial charge in [0.15, 0.2) is 0 Å². The Labute approximate surface area is 91.5 Å². The molecule has 0 heterocycles. The number of halogens is 1. The second-order valence-corrected chi connectivity index (χ2v) is 4.21. The highest BCUT2D eigenvalue weighted by atomic mass is 35.5. The van der Waals surface area contributed by atoms with Gasteiger partial charge in [-0.05, 0) is 25.0 Å². The minimum atomic E-state index is 0.458. The number of para-hydroxylation sites is 1. The summed E-state index contributed by atoms with van der Waals surface area (Å²) in [6, 6.07) is 8.33. The van der Waals surface area contributed by atoms with Crippen LogP contribution in [0.25, 0.3) is 0 Å². The number of benzene rings is 1. The third kappa shape index (κ3) is 2.91. The molecule has 0 saturated carbocycles. The molecule has 0 aliphatic carbocycles. The third-order valence-corrected chi connectivity index (χ3v) is 3.08. The Kier molecular flexibility index (Phi) is 4.27. The fourth-order valence-corrected chi connectivity index (χ4v) is 1.51. The third-order valence-electron chi connectivity index (χ3n) is 2.75. The van der Waals surface area contributed by atoms with Crippen LogP contribution in [0.3, 0.4) is 0 Å². The molecule has 0 saturated heterocycles. The second-order valence-electron chi connectivity index (χ2n) is 3.80. The van der Waals surface area contributed by atoms with Gasteiger partial charge in [0.1, 0.15) is 0 Å². The predicted octanol–water partition coefficient (Wildman–Crippen LogP) is 4.19. The Bertz CT molecular complexity index is 285. The molecule has 0 aliphatic heterocycles. The SMILES string of the molecule is CCC(C)C(C)Nc1ccccc1Cl. The topological polar surface area (TPSA) is 12.0 Å². The molecule has 0 bridgehead atoms. The van der Waals surface area contributed by atoms with Crippen molar-refractivity contribution >= 4 is 17.3 Å². The molecule has 0 amide bonds. The van der Waals surface area contributed by atoms with Crippen molar-refractivity contribution in [2.75, 3.05) is 5.32 Å². The van der Waals surface area contributed by atoms with E-state index in [9.17, 15) is 0 Å². The van der Waals surface area contributed by atoms with Gasteiger partial charge in [-0.3, -0.25) is 0 Å². The lowest BCUT2D eigenvalue weighted by molar-refractivity contribution is 0.495. The summed E-state index contributed by atoms with van der Waals surface area (Å²) in [5.41, 5.74) is 1.03. The van der Waals surface area contributed by atoms with E-state index in [2.05, 4.69) is 26.1 Å². The molecule has 1 rings (SSSR count). The molecule has 14 heavy (non-hydrogen) atoms. The van der Waals surface area contributed by atoms with E-state index >= 15 is 0 Å².